The number of carbonyl (C=O) groups is 1. The second-order valence-corrected chi connectivity index (χ2v) is 4.94. The molecule has 0 aliphatic carbocycles. The third kappa shape index (κ3) is 4.59. The van der Waals surface area contributed by atoms with Crippen LogP contribution in [0.1, 0.15) is 0 Å². The molecule has 5 nitrogen and oxygen atoms in total. The van der Waals surface area contributed by atoms with Crippen LogP contribution in [-0.2, 0) is 9.53 Å². The Bertz CT molecular complexity index is 672. The molecule has 1 saturated heterocycles. The predicted molar refractivity (Wildman–Crippen MR) is 84.0 cm³/mol. The van der Waals surface area contributed by atoms with Gasteiger partial charge in [0.1, 0.15) is 35.7 Å². The van der Waals surface area contributed by atoms with Gasteiger partial charge in [-0.1, -0.05) is 6.58 Å². The van der Waals surface area contributed by atoms with Crippen LogP contribution in [0.4, 0.5) is 0 Å². The Labute approximate surface area is 134 Å². The maximum absolute atomic E-state index is 11.1. The first-order chi connectivity index (χ1) is 11.2. The second kappa shape index (κ2) is 6.98. The molecule has 3 rings (SSSR count). The summed E-state index contributed by atoms with van der Waals surface area (Å²) >= 11 is 0. The van der Waals surface area contributed by atoms with E-state index in [0.29, 0.717) is 23.9 Å². The summed E-state index contributed by atoms with van der Waals surface area (Å²) in [5.41, 5.74) is 0. The highest BCUT2D eigenvalue weighted by Gasteiger charge is 2.22. The van der Waals surface area contributed by atoms with E-state index in [0.717, 1.165) is 18.4 Å². The minimum Gasteiger partial charge on any atom is -0.491 e. The third-order valence-electron chi connectivity index (χ3n) is 3.11. The quantitative estimate of drug-likeness (QED) is 0.340. The van der Waals surface area contributed by atoms with E-state index >= 15 is 0 Å². The van der Waals surface area contributed by atoms with Crippen molar-refractivity contribution in [3.8, 4) is 23.0 Å². The van der Waals surface area contributed by atoms with Gasteiger partial charge in [-0.05, 0) is 48.5 Å². The van der Waals surface area contributed by atoms with Crippen LogP contribution in [0.25, 0.3) is 0 Å². The lowest BCUT2D eigenvalue weighted by atomic mass is 10.3. The van der Waals surface area contributed by atoms with Crippen molar-refractivity contribution in [2.75, 3.05) is 13.2 Å². The summed E-state index contributed by atoms with van der Waals surface area (Å²) in [5.74, 6) is 2.05. The summed E-state index contributed by atoms with van der Waals surface area (Å²) in [7, 11) is 0. The SMILES string of the molecule is C=CC(=O)Oc1ccc(Oc2ccc(OCC3CO3)cc2)cc1. The molecule has 0 bridgehead atoms. The topological polar surface area (TPSA) is 57.3 Å². The number of hydrogen-bond donors (Lipinski definition) is 0. The van der Waals surface area contributed by atoms with Crippen molar-refractivity contribution in [2.45, 2.75) is 6.10 Å². The zero-order valence-electron chi connectivity index (χ0n) is 12.4. The number of benzene rings is 2. The first kappa shape index (κ1) is 15.1. The molecule has 1 aliphatic heterocycles. The number of esters is 1. The normalized spacial score (nSPS) is 15.6. The maximum atomic E-state index is 11.1. The third-order valence-corrected chi connectivity index (χ3v) is 3.11. The van der Waals surface area contributed by atoms with Crippen molar-refractivity contribution < 1.29 is 23.7 Å². The number of epoxide rings is 1. The number of rotatable bonds is 7. The molecular formula is C18H16O5. The van der Waals surface area contributed by atoms with Crippen LogP contribution in [0.3, 0.4) is 0 Å². The lowest BCUT2D eigenvalue weighted by molar-refractivity contribution is -0.128. The smallest absolute Gasteiger partial charge is 0.335 e. The Hall–Kier alpha value is -2.79. The fourth-order valence-electron chi connectivity index (χ4n) is 1.83. The van der Waals surface area contributed by atoms with Gasteiger partial charge in [-0.25, -0.2) is 4.79 Å². The van der Waals surface area contributed by atoms with Crippen LogP contribution in [0, 0.1) is 0 Å². The first-order valence-electron chi connectivity index (χ1n) is 7.19. The van der Waals surface area contributed by atoms with E-state index in [1.165, 1.54) is 0 Å². The van der Waals surface area contributed by atoms with Gasteiger partial charge in [0, 0.05) is 6.08 Å². The van der Waals surface area contributed by atoms with E-state index in [1.807, 2.05) is 24.3 Å². The average molecular weight is 312 g/mol. The van der Waals surface area contributed by atoms with Gasteiger partial charge in [0.05, 0.1) is 6.61 Å². The molecule has 118 valence electrons. The minimum atomic E-state index is -0.495. The summed E-state index contributed by atoms with van der Waals surface area (Å²) in [6.07, 6.45) is 1.35. The monoisotopic (exact) mass is 312 g/mol. The van der Waals surface area contributed by atoms with Crippen molar-refractivity contribution in [3.63, 3.8) is 0 Å². The Morgan fingerprint density at radius 1 is 1.04 bits per heavy atom. The highest BCUT2D eigenvalue weighted by atomic mass is 16.6. The highest BCUT2D eigenvalue weighted by Crippen LogP contribution is 2.26. The average Bonchev–Trinajstić information content (AvgIpc) is 3.40. The molecule has 0 spiro atoms. The van der Waals surface area contributed by atoms with Crippen molar-refractivity contribution in [1.82, 2.24) is 0 Å². The Kier molecular flexibility index (Phi) is 4.59. The molecule has 2 aromatic rings. The van der Waals surface area contributed by atoms with Crippen molar-refractivity contribution in [1.29, 1.82) is 0 Å². The summed E-state index contributed by atoms with van der Waals surface area (Å²) in [6, 6.07) is 14.1. The van der Waals surface area contributed by atoms with Gasteiger partial charge in [-0.3, -0.25) is 0 Å². The molecule has 1 atom stereocenters. The number of hydrogen-bond acceptors (Lipinski definition) is 5. The molecule has 0 radical (unpaired) electrons. The van der Waals surface area contributed by atoms with Crippen molar-refractivity contribution in [3.05, 3.63) is 61.2 Å². The summed E-state index contributed by atoms with van der Waals surface area (Å²) in [5, 5.41) is 0. The summed E-state index contributed by atoms with van der Waals surface area (Å²) in [6.45, 7) is 4.70. The van der Waals surface area contributed by atoms with Gasteiger partial charge < -0.3 is 18.9 Å². The van der Waals surface area contributed by atoms with Gasteiger partial charge in [0.25, 0.3) is 0 Å². The van der Waals surface area contributed by atoms with Gasteiger partial charge in [0.15, 0.2) is 0 Å². The Balaban J connectivity index is 1.55. The predicted octanol–water partition coefficient (Wildman–Crippen LogP) is 3.35. The summed E-state index contributed by atoms with van der Waals surface area (Å²) < 4.78 is 21.4. The minimum absolute atomic E-state index is 0.236. The van der Waals surface area contributed by atoms with Crippen molar-refractivity contribution >= 4 is 5.97 Å². The van der Waals surface area contributed by atoms with E-state index < -0.39 is 5.97 Å². The fraction of sp³-hybridized carbons (Fsp3) is 0.167. The molecule has 0 aromatic heterocycles. The largest absolute Gasteiger partial charge is 0.491 e. The van der Waals surface area contributed by atoms with Gasteiger partial charge >= 0.3 is 5.97 Å². The fourth-order valence-corrected chi connectivity index (χ4v) is 1.83. The van der Waals surface area contributed by atoms with Crippen LogP contribution in [-0.4, -0.2) is 25.3 Å². The van der Waals surface area contributed by atoms with E-state index in [4.69, 9.17) is 18.9 Å². The molecule has 23 heavy (non-hydrogen) atoms. The van der Waals surface area contributed by atoms with E-state index in [9.17, 15) is 4.79 Å². The highest BCUT2D eigenvalue weighted by molar-refractivity contribution is 5.83. The molecule has 2 aromatic carbocycles. The van der Waals surface area contributed by atoms with Gasteiger partial charge in [-0.15, -0.1) is 0 Å². The summed E-state index contributed by atoms with van der Waals surface area (Å²) in [4.78, 5) is 11.1. The van der Waals surface area contributed by atoms with Crippen molar-refractivity contribution in [2.24, 2.45) is 0 Å². The molecule has 0 saturated carbocycles. The van der Waals surface area contributed by atoms with Crippen LogP contribution in [0.15, 0.2) is 61.2 Å². The zero-order valence-corrected chi connectivity index (χ0v) is 12.4. The van der Waals surface area contributed by atoms with Gasteiger partial charge in [0.2, 0.25) is 0 Å². The van der Waals surface area contributed by atoms with E-state index in [-0.39, 0.29) is 6.10 Å². The zero-order chi connectivity index (χ0) is 16.1. The lowest BCUT2D eigenvalue weighted by Gasteiger charge is -2.08. The van der Waals surface area contributed by atoms with E-state index in [2.05, 4.69) is 6.58 Å². The van der Waals surface area contributed by atoms with Crippen LogP contribution < -0.4 is 14.2 Å². The maximum Gasteiger partial charge on any atom is 0.335 e. The van der Waals surface area contributed by atoms with Crippen LogP contribution in [0.5, 0.6) is 23.0 Å². The second-order valence-electron chi connectivity index (χ2n) is 4.94. The molecule has 0 amide bonds. The number of ether oxygens (including phenoxy) is 4. The molecule has 0 N–H and O–H groups in total. The standard InChI is InChI=1S/C18H16O5/c1-2-18(19)23-16-9-7-15(8-10-16)22-14-5-3-13(4-6-14)20-11-17-12-21-17/h2-10,17H,1,11-12H2. The molecule has 1 aliphatic rings. The first-order valence-corrected chi connectivity index (χ1v) is 7.19. The molecule has 5 heteroatoms. The molecule has 1 fully saturated rings. The van der Waals surface area contributed by atoms with Crippen LogP contribution >= 0.6 is 0 Å². The lowest BCUT2D eigenvalue weighted by Crippen LogP contribution is -2.03. The van der Waals surface area contributed by atoms with Crippen LogP contribution in [0.2, 0.25) is 0 Å². The van der Waals surface area contributed by atoms with Gasteiger partial charge in [-0.2, -0.15) is 0 Å². The molecule has 1 heterocycles. The molecule has 1 unspecified atom stereocenters. The number of carbonyl (C=O) groups excluding carboxylic acids is 1. The molecular weight excluding hydrogens is 296 g/mol. The Morgan fingerprint density at radius 3 is 2.09 bits per heavy atom. The Morgan fingerprint density at radius 2 is 1.57 bits per heavy atom. The van der Waals surface area contributed by atoms with E-state index in [1.54, 1.807) is 24.3 Å².